The Bertz CT molecular complexity index is 2420. The molecule has 0 saturated carbocycles. The maximum atomic E-state index is 11.0. The van der Waals surface area contributed by atoms with Crippen LogP contribution in [-0.2, 0) is 37.3 Å². The number of aryl methyl sites for hydroxylation is 1. The molecule has 0 bridgehead atoms. The van der Waals surface area contributed by atoms with Crippen molar-refractivity contribution >= 4 is 11.0 Å². The molecule has 1 N–H and O–H groups in total. The summed E-state index contributed by atoms with van der Waals surface area (Å²) in [5.41, 5.74) is 13.8. The Morgan fingerprint density at radius 1 is 0.577 bits per heavy atom. The standard InChI is InChI=1S/C47H42N3O.Pt/c1-29-44(50-41-18-10-9-17-40(41)48-29)30-14-12-15-33(26-30)47(43-21-13-19-39(49-43)36-16-8-11-20-42(36)51)37-27-31(45(2,3)4)22-24-34(37)35-25-23-32(28-38(35)47)46(5,6)7;/h8-25,27-28,51H,1-7H3;/q-1;. The van der Waals surface area contributed by atoms with Gasteiger partial charge in [-0.15, -0.1) is 35.4 Å². The third-order valence-electron chi connectivity index (χ3n) is 10.4. The zero-order valence-corrected chi connectivity index (χ0v) is 32.9. The summed E-state index contributed by atoms with van der Waals surface area (Å²) in [6.45, 7) is 15.6. The van der Waals surface area contributed by atoms with Crippen LogP contribution in [0.3, 0.4) is 0 Å². The van der Waals surface area contributed by atoms with Crippen molar-refractivity contribution in [3.8, 4) is 39.4 Å². The Morgan fingerprint density at radius 2 is 1.15 bits per heavy atom. The summed E-state index contributed by atoms with van der Waals surface area (Å²) >= 11 is 0. The molecule has 0 unspecified atom stereocenters. The maximum absolute atomic E-state index is 11.0. The van der Waals surface area contributed by atoms with Gasteiger partial charge in [0, 0.05) is 38.0 Å². The van der Waals surface area contributed by atoms with Gasteiger partial charge in [0.1, 0.15) is 5.75 Å². The van der Waals surface area contributed by atoms with Crippen LogP contribution in [0.25, 0.3) is 44.7 Å². The van der Waals surface area contributed by atoms with Crippen LogP contribution in [0.2, 0.25) is 0 Å². The monoisotopic (exact) mass is 859 g/mol. The van der Waals surface area contributed by atoms with Crippen molar-refractivity contribution in [1.29, 1.82) is 0 Å². The van der Waals surface area contributed by atoms with Crippen molar-refractivity contribution in [2.24, 2.45) is 0 Å². The van der Waals surface area contributed by atoms with Gasteiger partial charge in [0.15, 0.2) is 0 Å². The Morgan fingerprint density at radius 3 is 1.77 bits per heavy atom. The van der Waals surface area contributed by atoms with Gasteiger partial charge in [-0.3, -0.25) is 15.0 Å². The molecular weight excluding hydrogens is 818 g/mol. The molecule has 0 spiro atoms. The number of benzene rings is 5. The minimum atomic E-state index is -0.832. The van der Waals surface area contributed by atoms with Crippen molar-refractivity contribution < 1.29 is 26.2 Å². The third kappa shape index (κ3) is 5.78. The predicted molar refractivity (Wildman–Crippen MR) is 208 cm³/mol. The second kappa shape index (κ2) is 12.9. The summed E-state index contributed by atoms with van der Waals surface area (Å²) in [5, 5.41) is 11.0. The summed E-state index contributed by atoms with van der Waals surface area (Å²) < 4.78 is 0. The van der Waals surface area contributed by atoms with Gasteiger partial charge < -0.3 is 5.11 Å². The number of para-hydroxylation sites is 3. The van der Waals surface area contributed by atoms with Crippen LogP contribution in [0.1, 0.15) is 80.7 Å². The molecule has 0 atom stereocenters. The summed E-state index contributed by atoms with van der Waals surface area (Å²) in [6.07, 6.45) is 0. The number of rotatable bonds is 4. The first-order valence-corrected chi connectivity index (χ1v) is 17.7. The van der Waals surface area contributed by atoms with Gasteiger partial charge in [-0.25, -0.2) is 0 Å². The normalized spacial score (nSPS) is 13.4. The number of nitrogens with zero attached hydrogens (tertiary/aromatic N) is 3. The van der Waals surface area contributed by atoms with Crippen LogP contribution in [0.15, 0.2) is 121 Å². The van der Waals surface area contributed by atoms with Gasteiger partial charge in [0.2, 0.25) is 0 Å². The number of hydrogen-bond donors (Lipinski definition) is 1. The van der Waals surface area contributed by atoms with Crippen molar-refractivity contribution in [3.63, 3.8) is 0 Å². The largest absolute Gasteiger partial charge is 0.507 e. The quantitative estimate of drug-likeness (QED) is 0.179. The second-order valence-corrected chi connectivity index (χ2v) is 15.8. The molecule has 2 heterocycles. The fraction of sp³-hybridized carbons (Fsp3) is 0.213. The third-order valence-corrected chi connectivity index (χ3v) is 10.4. The molecule has 0 saturated heterocycles. The smallest absolute Gasteiger partial charge is 0.124 e. The molecule has 1 aliphatic rings. The first kappa shape index (κ1) is 35.5. The first-order valence-electron chi connectivity index (χ1n) is 17.7. The van der Waals surface area contributed by atoms with Crippen LogP contribution in [0, 0.1) is 13.0 Å². The molecule has 0 aliphatic heterocycles. The van der Waals surface area contributed by atoms with E-state index in [-0.39, 0.29) is 37.6 Å². The second-order valence-electron chi connectivity index (χ2n) is 15.8. The van der Waals surface area contributed by atoms with Gasteiger partial charge in [-0.2, -0.15) is 0 Å². The fourth-order valence-electron chi connectivity index (χ4n) is 7.61. The Balaban J connectivity index is 0.00000420. The van der Waals surface area contributed by atoms with Crippen LogP contribution >= 0.6 is 0 Å². The maximum Gasteiger partial charge on any atom is 0.124 e. The van der Waals surface area contributed by atoms with Crippen LogP contribution < -0.4 is 0 Å². The average molecular weight is 860 g/mol. The molecule has 7 aromatic rings. The van der Waals surface area contributed by atoms with Crippen LogP contribution in [0.4, 0.5) is 0 Å². The van der Waals surface area contributed by atoms with Crippen LogP contribution in [-0.4, -0.2) is 20.1 Å². The van der Waals surface area contributed by atoms with Crippen LogP contribution in [0.5, 0.6) is 5.75 Å². The van der Waals surface area contributed by atoms with E-state index in [2.05, 4.69) is 114 Å². The van der Waals surface area contributed by atoms with E-state index in [4.69, 9.17) is 15.0 Å². The van der Waals surface area contributed by atoms with Gasteiger partial charge in [-0.1, -0.05) is 108 Å². The van der Waals surface area contributed by atoms with E-state index in [1.807, 2.05) is 55.5 Å². The minimum Gasteiger partial charge on any atom is -0.507 e. The van der Waals surface area contributed by atoms with Gasteiger partial charge in [-0.05, 0) is 87.5 Å². The molecule has 5 aromatic carbocycles. The number of aromatic hydroxyl groups is 1. The Kier molecular flexibility index (Phi) is 8.83. The van der Waals surface area contributed by atoms with Crippen molar-refractivity contribution in [3.05, 3.63) is 167 Å². The SMILES string of the molecule is Cc1nc2ccccc2nc1-c1[c-]c(C2(c3cccc(-c4ccccc4O)n3)c3cc(C(C)(C)C)ccc3-c3ccc(C(C)(C)C)cc32)ccc1.[Pt]. The van der Waals surface area contributed by atoms with Gasteiger partial charge in [0.25, 0.3) is 0 Å². The minimum absolute atomic E-state index is 0. The number of fused-ring (bicyclic) bond motifs is 4. The van der Waals surface area contributed by atoms with E-state index in [1.165, 1.54) is 33.4 Å². The molecule has 262 valence electrons. The van der Waals surface area contributed by atoms with E-state index < -0.39 is 5.41 Å². The van der Waals surface area contributed by atoms with Gasteiger partial charge in [0.05, 0.1) is 27.8 Å². The molecule has 2 aromatic heterocycles. The molecule has 4 nitrogen and oxygen atoms in total. The van der Waals surface area contributed by atoms with E-state index >= 15 is 0 Å². The van der Waals surface area contributed by atoms with E-state index in [0.717, 1.165) is 39.2 Å². The molecular formula is C47H42N3OPt-. The zero-order chi connectivity index (χ0) is 35.7. The van der Waals surface area contributed by atoms with Crippen molar-refractivity contribution in [2.45, 2.75) is 64.7 Å². The number of phenols is 1. The fourth-order valence-corrected chi connectivity index (χ4v) is 7.61. The predicted octanol–water partition coefficient (Wildman–Crippen LogP) is 11.1. The number of hydrogen-bond acceptors (Lipinski definition) is 4. The molecule has 0 radical (unpaired) electrons. The summed E-state index contributed by atoms with van der Waals surface area (Å²) in [7, 11) is 0. The first-order chi connectivity index (χ1) is 24.4. The van der Waals surface area contributed by atoms with Crippen molar-refractivity contribution in [1.82, 2.24) is 15.0 Å². The molecule has 52 heavy (non-hydrogen) atoms. The average Bonchev–Trinajstić information content (AvgIpc) is 3.41. The topological polar surface area (TPSA) is 58.9 Å². The Hall–Kier alpha value is -4.92. The number of aromatic nitrogens is 3. The molecule has 0 amide bonds. The molecule has 5 heteroatoms. The van der Waals surface area contributed by atoms with E-state index in [9.17, 15) is 5.11 Å². The number of phenolic OH excluding ortho intramolecular Hbond substituents is 1. The summed E-state index contributed by atoms with van der Waals surface area (Å²) in [4.78, 5) is 15.5. The molecule has 0 fully saturated rings. The molecule has 8 rings (SSSR count). The number of pyridine rings is 1. The zero-order valence-electron chi connectivity index (χ0n) is 30.7. The van der Waals surface area contributed by atoms with E-state index in [0.29, 0.717) is 11.3 Å². The van der Waals surface area contributed by atoms with Crippen molar-refractivity contribution in [2.75, 3.05) is 0 Å². The Labute approximate surface area is 321 Å². The molecule has 1 aliphatic carbocycles. The summed E-state index contributed by atoms with van der Waals surface area (Å²) in [5.74, 6) is 0.201. The van der Waals surface area contributed by atoms with Gasteiger partial charge >= 0.3 is 0 Å². The van der Waals surface area contributed by atoms with E-state index in [1.54, 1.807) is 6.07 Å². The summed E-state index contributed by atoms with van der Waals surface area (Å²) in [6, 6.07) is 45.8.